The fraction of sp³-hybridized carbons (Fsp3) is 0.435. The van der Waals surface area contributed by atoms with Gasteiger partial charge >= 0.3 is 0 Å². The number of hydrogen-bond donors (Lipinski definition) is 1. The molecule has 0 spiro atoms. The first kappa shape index (κ1) is 22.0. The highest BCUT2D eigenvalue weighted by molar-refractivity contribution is 7.99. The normalized spacial score (nSPS) is 15.5. The molecule has 1 saturated carbocycles. The van der Waals surface area contributed by atoms with Crippen molar-refractivity contribution in [1.82, 2.24) is 14.9 Å². The van der Waals surface area contributed by atoms with Gasteiger partial charge in [0.05, 0.1) is 17.2 Å². The average Bonchev–Trinajstić information content (AvgIpc) is 3.35. The number of thiophene rings is 1. The number of nitrogens with zero attached hydrogens (tertiary/aromatic N) is 2. The number of fused-ring (bicyclic) bond motifs is 1. The Morgan fingerprint density at radius 1 is 1.29 bits per heavy atom. The third-order valence-electron chi connectivity index (χ3n) is 5.97. The summed E-state index contributed by atoms with van der Waals surface area (Å²) >= 11 is 2.84. The first-order valence-electron chi connectivity index (χ1n) is 10.5. The maximum absolute atomic E-state index is 13.4. The Balaban J connectivity index is 1.56. The number of hydrogen-bond acceptors (Lipinski definition) is 5. The highest BCUT2D eigenvalue weighted by Crippen LogP contribution is 2.34. The fourth-order valence-electron chi connectivity index (χ4n) is 4.12. The lowest BCUT2D eigenvalue weighted by Crippen LogP contribution is -2.30. The summed E-state index contributed by atoms with van der Waals surface area (Å²) in [4.78, 5) is 32.6. The molecule has 3 aromatic rings. The van der Waals surface area contributed by atoms with Crippen LogP contribution in [0.1, 0.15) is 60.7 Å². The van der Waals surface area contributed by atoms with Gasteiger partial charge in [0.1, 0.15) is 10.6 Å². The van der Waals surface area contributed by atoms with E-state index in [0.717, 1.165) is 46.5 Å². The number of nitrogens with one attached hydrogen (secondary N) is 1. The summed E-state index contributed by atoms with van der Waals surface area (Å²) < 4.78 is 15.0. The summed E-state index contributed by atoms with van der Waals surface area (Å²) in [5.74, 6) is -0.282. The van der Waals surface area contributed by atoms with Crippen molar-refractivity contribution in [3.05, 3.63) is 56.4 Å². The SMILES string of the molecule is Cc1sc2nc(SCC(=O)NC(C)c3ccc(F)cc3)n(C3CCCC3)c(=O)c2c1C. The van der Waals surface area contributed by atoms with E-state index in [0.29, 0.717) is 10.5 Å². The van der Waals surface area contributed by atoms with E-state index in [4.69, 9.17) is 4.98 Å². The van der Waals surface area contributed by atoms with E-state index in [1.807, 2.05) is 25.3 Å². The van der Waals surface area contributed by atoms with E-state index in [2.05, 4.69) is 5.32 Å². The molecule has 2 aromatic heterocycles. The van der Waals surface area contributed by atoms with Gasteiger partial charge in [-0.2, -0.15) is 0 Å². The van der Waals surface area contributed by atoms with Gasteiger partial charge in [0.15, 0.2) is 5.16 Å². The van der Waals surface area contributed by atoms with Gasteiger partial charge in [-0.15, -0.1) is 11.3 Å². The van der Waals surface area contributed by atoms with Crippen LogP contribution >= 0.6 is 23.1 Å². The zero-order valence-electron chi connectivity index (χ0n) is 17.9. The van der Waals surface area contributed by atoms with E-state index in [-0.39, 0.29) is 35.1 Å². The third-order valence-corrected chi connectivity index (χ3v) is 8.03. The zero-order valence-corrected chi connectivity index (χ0v) is 19.5. The average molecular weight is 460 g/mol. The van der Waals surface area contributed by atoms with Crippen molar-refractivity contribution >= 4 is 39.2 Å². The van der Waals surface area contributed by atoms with Crippen LogP contribution in [0.4, 0.5) is 4.39 Å². The Labute approximate surface area is 189 Å². The molecular formula is C23H26FN3O2S2. The predicted molar refractivity (Wildman–Crippen MR) is 125 cm³/mol. The van der Waals surface area contributed by atoms with Gasteiger partial charge in [-0.25, -0.2) is 9.37 Å². The van der Waals surface area contributed by atoms with Gasteiger partial charge < -0.3 is 5.32 Å². The first-order chi connectivity index (χ1) is 14.8. The smallest absolute Gasteiger partial charge is 0.263 e. The van der Waals surface area contributed by atoms with Crippen LogP contribution < -0.4 is 10.9 Å². The largest absolute Gasteiger partial charge is 0.349 e. The molecule has 164 valence electrons. The van der Waals surface area contributed by atoms with Crippen molar-refractivity contribution in [3.8, 4) is 0 Å². The monoisotopic (exact) mass is 459 g/mol. The Hall–Kier alpha value is -2.19. The van der Waals surface area contributed by atoms with Crippen molar-refractivity contribution in [1.29, 1.82) is 0 Å². The Kier molecular flexibility index (Phi) is 6.48. The predicted octanol–water partition coefficient (Wildman–Crippen LogP) is 5.30. The van der Waals surface area contributed by atoms with Gasteiger partial charge in [-0.3, -0.25) is 14.2 Å². The Morgan fingerprint density at radius 3 is 2.65 bits per heavy atom. The highest BCUT2D eigenvalue weighted by Gasteiger charge is 2.25. The van der Waals surface area contributed by atoms with Gasteiger partial charge in [-0.1, -0.05) is 36.7 Å². The van der Waals surface area contributed by atoms with Crippen molar-refractivity contribution in [2.75, 3.05) is 5.75 Å². The number of carbonyl (C=O) groups excluding carboxylic acids is 1. The second kappa shape index (κ2) is 9.12. The van der Waals surface area contributed by atoms with Crippen LogP contribution in [0.3, 0.4) is 0 Å². The minimum absolute atomic E-state index is 0.0151. The van der Waals surface area contributed by atoms with E-state index < -0.39 is 0 Å². The molecule has 1 fully saturated rings. The maximum Gasteiger partial charge on any atom is 0.263 e. The topological polar surface area (TPSA) is 64.0 Å². The Bertz CT molecular complexity index is 1160. The van der Waals surface area contributed by atoms with Crippen molar-refractivity contribution < 1.29 is 9.18 Å². The standard InChI is InChI=1S/C23H26FN3O2S2/c1-13-15(3)31-21-20(13)22(29)27(18-6-4-5-7-18)23(26-21)30-12-19(28)25-14(2)16-8-10-17(24)11-9-16/h8-11,14,18H,4-7,12H2,1-3H3,(H,25,28). The number of halogens is 1. The minimum atomic E-state index is -0.303. The van der Waals surface area contributed by atoms with E-state index in [9.17, 15) is 14.0 Å². The van der Waals surface area contributed by atoms with Crippen LogP contribution in [0.15, 0.2) is 34.2 Å². The first-order valence-corrected chi connectivity index (χ1v) is 12.3. The van der Waals surface area contributed by atoms with Gasteiger partial charge in [0, 0.05) is 10.9 Å². The van der Waals surface area contributed by atoms with Crippen LogP contribution in [0.25, 0.3) is 10.2 Å². The van der Waals surface area contributed by atoms with Crippen LogP contribution in [0.5, 0.6) is 0 Å². The minimum Gasteiger partial charge on any atom is -0.349 e. The summed E-state index contributed by atoms with van der Waals surface area (Å²) in [6.07, 6.45) is 4.15. The number of aromatic nitrogens is 2. The molecule has 1 aromatic carbocycles. The van der Waals surface area contributed by atoms with Crippen LogP contribution in [-0.2, 0) is 4.79 Å². The lowest BCUT2D eigenvalue weighted by atomic mass is 10.1. The molecule has 8 heteroatoms. The van der Waals surface area contributed by atoms with Crippen LogP contribution in [-0.4, -0.2) is 21.2 Å². The highest BCUT2D eigenvalue weighted by atomic mass is 32.2. The molecule has 0 bridgehead atoms. The summed E-state index contributed by atoms with van der Waals surface area (Å²) in [7, 11) is 0. The number of rotatable bonds is 6. The summed E-state index contributed by atoms with van der Waals surface area (Å²) in [5, 5.41) is 4.28. The second-order valence-corrected chi connectivity index (χ2v) is 10.2. The third kappa shape index (κ3) is 4.55. The molecule has 1 unspecified atom stereocenters. The lowest BCUT2D eigenvalue weighted by molar-refractivity contribution is -0.119. The number of benzene rings is 1. The molecular weight excluding hydrogens is 433 g/mol. The van der Waals surface area contributed by atoms with E-state index in [1.165, 1.54) is 35.2 Å². The molecule has 5 nitrogen and oxygen atoms in total. The van der Waals surface area contributed by atoms with Crippen molar-refractivity contribution in [2.45, 2.75) is 63.7 Å². The Morgan fingerprint density at radius 2 is 1.97 bits per heavy atom. The zero-order chi connectivity index (χ0) is 22.1. The molecule has 1 aliphatic rings. The molecule has 1 atom stereocenters. The molecule has 2 heterocycles. The molecule has 1 N–H and O–H groups in total. The second-order valence-electron chi connectivity index (χ2n) is 8.10. The number of aryl methyl sites for hydroxylation is 2. The van der Waals surface area contributed by atoms with Crippen LogP contribution in [0, 0.1) is 19.7 Å². The van der Waals surface area contributed by atoms with E-state index in [1.54, 1.807) is 12.1 Å². The number of amides is 1. The van der Waals surface area contributed by atoms with E-state index >= 15 is 0 Å². The van der Waals surface area contributed by atoms with Gasteiger partial charge in [-0.05, 0) is 56.9 Å². The quantitative estimate of drug-likeness (QED) is 0.401. The molecule has 0 saturated heterocycles. The molecule has 4 rings (SSSR count). The number of thioether (sulfide) groups is 1. The molecule has 0 radical (unpaired) electrons. The van der Waals surface area contributed by atoms with Crippen molar-refractivity contribution in [3.63, 3.8) is 0 Å². The summed E-state index contributed by atoms with van der Waals surface area (Å²) in [5.41, 5.74) is 1.86. The summed E-state index contributed by atoms with van der Waals surface area (Å²) in [6, 6.07) is 6.02. The molecule has 1 amide bonds. The molecule has 31 heavy (non-hydrogen) atoms. The van der Waals surface area contributed by atoms with Crippen LogP contribution in [0.2, 0.25) is 0 Å². The van der Waals surface area contributed by atoms with Crippen molar-refractivity contribution in [2.24, 2.45) is 0 Å². The van der Waals surface area contributed by atoms with Gasteiger partial charge in [0.2, 0.25) is 5.91 Å². The molecule has 1 aliphatic carbocycles. The summed E-state index contributed by atoms with van der Waals surface area (Å²) in [6.45, 7) is 5.86. The van der Waals surface area contributed by atoms with Gasteiger partial charge in [0.25, 0.3) is 5.56 Å². The lowest BCUT2D eigenvalue weighted by Gasteiger charge is -2.18. The molecule has 0 aliphatic heterocycles. The number of carbonyl (C=O) groups is 1. The maximum atomic E-state index is 13.4. The fourth-order valence-corrected chi connectivity index (χ4v) is 6.07.